The molecule has 0 atom stereocenters. The lowest BCUT2D eigenvalue weighted by atomic mass is 10.1. The number of hydrogen-bond donors (Lipinski definition) is 2. The zero-order valence-electron chi connectivity index (χ0n) is 20.6. The first-order chi connectivity index (χ1) is 17.9. The van der Waals surface area contributed by atoms with Gasteiger partial charge in [0.15, 0.2) is 18.1 Å². The third kappa shape index (κ3) is 7.35. The van der Waals surface area contributed by atoms with Crippen LogP contribution in [0.4, 0.5) is 11.4 Å². The number of ether oxygens (including phenoxy) is 3. The number of amides is 2. The van der Waals surface area contributed by atoms with E-state index in [-0.39, 0.29) is 18.1 Å². The van der Waals surface area contributed by atoms with E-state index in [1.807, 2.05) is 32.0 Å². The van der Waals surface area contributed by atoms with Crippen LogP contribution >= 0.6 is 15.9 Å². The number of methoxy groups -OCH3 is 1. The lowest BCUT2D eigenvalue weighted by molar-refractivity contribution is -0.118. The highest BCUT2D eigenvalue weighted by atomic mass is 79.9. The molecule has 190 valence electrons. The Balaban J connectivity index is 1.78. The molecule has 0 radical (unpaired) electrons. The van der Waals surface area contributed by atoms with Crippen LogP contribution in [0, 0.1) is 18.3 Å². The summed E-state index contributed by atoms with van der Waals surface area (Å²) < 4.78 is 17.2. The molecule has 0 saturated carbocycles. The van der Waals surface area contributed by atoms with Gasteiger partial charge in [-0.25, -0.2) is 0 Å². The van der Waals surface area contributed by atoms with Crippen LogP contribution in [-0.2, 0) is 9.59 Å². The molecule has 3 aromatic carbocycles. The largest absolute Gasteiger partial charge is 0.495 e. The van der Waals surface area contributed by atoms with E-state index in [1.54, 1.807) is 48.5 Å². The highest BCUT2D eigenvalue weighted by Crippen LogP contribution is 2.37. The van der Waals surface area contributed by atoms with Crippen LogP contribution in [-0.4, -0.2) is 32.1 Å². The summed E-state index contributed by atoms with van der Waals surface area (Å²) in [5.74, 6) is 0.284. The average molecular weight is 564 g/mol. The molecule has 0 aromatic heterocycles. The van der Waals surface area contributed by atoms with Gasteiger partial charge in [0.2, 0.25) is 0 Å². The summed E-state index contributed by atoms with van der Waals surface area (Å²) in [6.07, 6.45) is 1.46. The quantitative estimate of drug-likeness (QED) is 0.241. The van der Waals surface area contributed by atoms with Crippen molar-refractivity contribution in [2.24, 2.45) is 0 Å². The number of halogens is 1. The van der Waals surface area contributed by atoms with Crippen LogP contribution in [0.1, 0.15) is 18.1 Å². The van der Waals surface area contributed by atoms with Crippen LogP contribution < -0.4 is 24.8 Å². The molecular formula is C28H26BrN3O5. The number of para-hydroxylation sites is 3. The molecule has 8 nitrogen and oxygen atoms in total. The molecule has 0 bridgehead atoms. The second kappa shape index (κ2) is 13.1. The number of anilines is 2. The van der Waals surface area contributed by atoms with Gasteiger partial charge >= 0.3 is 0 Å². The molecule has 0 unspecified atom stereocenters. The monoisotopic (exact) mass is 563 g/mol. The van der Waals surface area contributed by atoms with Crippen molar-refractivity contribution in [1.29, 1.82) is 5.26 Å². The van der Waals surface area contributed by atoms with Gasteiger partial charge in [-0.1, -0.05) is 30.3 Å². The van der Waals surface area contributed by atoms with Crippen molar-refractivity contribution in [3.05, 3.63) is 81.8 Å². The molecule has 3 rings (SSSR count). The lowest BCUT2D eigenvalue weighted by Gasteiger charge is -2.15. The summed E-state index contributed by atoms with van der Waals surface area (Å²) >= 11 is 3.45. The number of rotatable bonds is 10. The predicted octanol–water partition coefficient (Wildman–Crippen LogP) is 5.73. The molecule has 0 spiro atoms. The third-order valence-corrected chi connectivity index (χ3v) is 5.72. The molecule has 2 N–H and O–H groups in total. The Bertz CT molecular complexity index is 1360. The summed E-state index contributed by atoms with van der Waals surface area (Å²) in [5.41, 5.74) is 2.49. The van der Waals surface area contributed by atoms with Gasteiger partial charge in [0.1, 0.15) is 17.4 Å². The maximum absolute atomic E-state index is 12.7. The summed E-state index contributed by atoms with van der Waals surface area (Å²) in [7, 11) is 1.52. The minimum absolute atomic E-state index is 0.0811. The number of nitrogens with zero attached hydrogens (tertiary/aromatic N) is 1. The normalized spacial score (nSPS) is 10.7. The Morgan fingerprint density at radius 3 is 2.38 bits per heavy atom. The molecule has 0 fully saturated rings. The lowest BCUT2D eigenvalue weighted by Crippen LogP contribution is -2.21. The molecule has 0 heterocycles. The molecule has 0 aliphatic rings. The summed E-state index contributed by atoms with van der Waals surface area (Å²) in [6, 6.07) is 19.6. The van der Waals surface area contributed by atoms with E-state index in [0.29, 0.717) is 45.3 Å². The van der Waals surface area contributed by atoms with Gasteiger partial charge in [-0.2, -0.15) is 5.26 Å². The maximum atomic E-state index is 12.7. The van der Waals surface area contributed by atoms with Crippen LogP contribution in [0.3, 0.4) is 0 Å². The van der Waals surface area contributed by atoms with Gasteiger partial charge in [0.25, 0.3) is 11.8 Å². The van der Waals surface area contributed by atoms with Crippen molar-refractivity contribution in [3.8, 4) is 23.3 Å². The Morgan fingerprint density at radius 2 is 1.70 bits per heavy atom. The fourth-order valence-corrected chi connectivity index (χ4v) is 3.94. The third-order valence-electron chi connectivity index (χ3n) is 5.13. The number of nitrogens with one attached hydrogen (secondary N) is 2. The number of hydrogen-bond acceptors (Lipinski definition) is 6. The number of carbonyl (C=O) groups is 2. The first-order valence-corrected chi connectivity index (χ1v) is 12.2. The number of carbonyl (C=O) groups excluding carboxylic acids is 2. The maximum Gasteiger partial charge on any atom is 0.266 e. The molecule has 9 heteroatoms. The Labute approximate surface area is 224 Å². The predicted molar refractivity (Wildman–Crippen MR) is 146 cm³/mol. The van der Waals surface area contributed by atoms with Gasteiger partial charge < -0.3 is 24.8 Å². The molecule has 2 amide bonds. The van der Waals surface area contributed by atoms with E-state index < -0.39 is 5.91 Å². The van der Waals surface area contributed by atoms with Gasteiger partial charge in [-0.05, 0) is 77.3 Å². The van der Waals surface area contributed by atoms with E-state index in [9.17, 15) is 14.9 Å². The van der Waals surface area contributed by atoms with E-state index in [4.69, 9.17) is 14.2 Å². The van der Waals surface area contributed by atoms with Crippen molar-refractivity contribution < 1.29 is 23.8 Å². The molecule has 37 heavy (non-hydrogen) atoms. The smallest absolute Gasteiger partial charge is 0.266 e. The van der Waals surface area contributed by atoms with Crippen LogP contribution in [0.2, 0.25) is 0 Å². The average Bonchev–Trinajstić information content (AvgIpc) is 2.88. The first kappa shape index (κ1) is 27.3. The van der Waals surface area contributed by atoms with E-state index in [1.165, 1.54) is 13.2 Å². The van der Waals surface area contributed by atoms with Crippen molar-refractivity contribution in [2.75, 3.05) is 31.0 Å². The van der Waals surface area contributed by atoms with E-state index in [0.717, 1.165) is 5.56 Å². The van der Waals surface area contributed by atoms with Crippen LogP contribution in [0.15, 0.2) is 70.7 Å². The summed E-state index contributed by atoms with van der Waals surface area (Å²) in [4.78, 5) is 25.2. The summed E-state index contributed by atoms with van der Waals surface area (Å²) in [6.45, 7) is 3.73. The summed E-state index contributed by atoms with van der Waals surface area (Å²) in [5, 5.41) is 15.1. The second-order valence-corrected chi connectivity index (χ2v) is 8.59. The molecule has 3 aromatic rings. The van der Waals surface area contributed by atoms with Crippen LogP contribution in [0.25, 0.3) is 6.08 Å². The van der Waals surface area contributed by atoms with Gasteiger partial charge in [0.05, 0.1) is 23.9 Å². The fourth-order valence-electron chi connectivity index (χ4n) is 3.36. The minimum atomic E-state index is -0.528. The Hall–Kier alpha value is -4.29. The zero-order chi connectivity index (χ0) is 26.8. The first-order valence-electron chi connectivity index (χ1n) is 11.4. The highest BCUT2D eigenvalue weighted by molar-refractivity contribution is 9.10. The molecular weight excluding hydrogens is 538 g/mol. The van der Waals surface area contributed by atoms with Gasteiger partial charge in [-0.3, -0.25) is 9.59 Å². The van der Waals surface area contributed by atoms with Crippen LogP contribution in [0.5, 0.6) is 17.2 Å². The SMILES string of the molecule is CCOc1cc(/C=C(/C#N)C(=O)Nc2ccccc2C)cc(Br)c1OCC(=O)Nc1ccccc1OC. The Kier molecular flexibility index (Phi) is 9.69. The van der Waals surface area contributed by atoms with Crippen molar-refractivity contribution in [2.45, 2.75) is 13.8 Å². The fraction of sp³-hybridized carbons (Fsp3) is 0.179. The van der Waals surface area contributed by atoms with E-state index >= 15 is 0 Å². The standard InChI is InChI=1S/C28H26BrN3O5/c1-4-36-25-15-19(13-20(16-30)28(34)32-22-10-6-5-9-18(22)2)14-21(29)27(25)37-17-26(33)31-23-11-7-8-12-24(23)35-3/h5-15H,4,17H2,1-3H3,(H,31,33)(H,32,34)/b20-13-. The topological polar surface area (TPSA) is 110 Å². The molecule has 0 aliphatic carbocycles. The van der Waals surface area contributed by atoms with Crippen molar-refractivity contribution in [1.82, 2.24) is 0 Å². The van der Waals surface area contributed by atoms with E-state index in [2.05, 4.69) is 26.6 Å². The number of nitriles is 1. The Morgan fingerprint density at radius 1 is 1.00 bits per heavy atom. The van der Waals surface area contributed by atoms with Gasteiger partial charge in [0, 0.05) is 5.69 Å². The minimum Gasteiger partial charge on any atom is -0.495 e. The molecule has 0 aliphatic heterocycles. The molecule has 0 saturated heterocycles. The second-order valence-electron chi connectivity index (χ2n) is 7.74. The zero-order valence-corrected chi connectivity index (χ0v) is 22.2. The highest BCUT2D eigenvalue weighted by Gasteiger charge is 2.16. The number of benzene rings is 3. The van der Waals surface area contributed by atoms with Crippen molar-refractivity contribution >= 4 is 45.2 Å². The number of aryl methyl sites for hydroxylation is 1. The van der Waals surface area contributed by atoms with Gasteiger partial charge in [-0.15, -0.1) is 0 Å². The van der Waals surface area contributed by atoms with Crippen molar-refractivity contribution in [3.63, 3.8) is 0 Å².